The van der Waals surface area contributed by atoms with Gasteiger partial charge in [-0.25, -0.2) is 15.0 Å². The van der Waals surface area contributed by atoms with Crippen LogP contribution in [0.3, 0.4) is 0 Å². The molecule has 3 heterocycles. The summed E-state index contributed by atoms with van der Waals surface area (Å²) in [5, 5.41) is 4.63. The first-order valence-electron chi connectivity index (χ1n) is 16.8. The molecule has 0 fully saturated rings. The third-order valence-electron chi connectivity index (χ3n) is 9.54. The Morgan fingerprint density at radius 2 is 0.680 bits per heavy atom. The lowest BCUT2D eigenvalue weighted by Crippen LogP contribution is -2.04. The SMILES string of the molecule is c1ccc(-c2nc(-c3ccccc3)nc(-c3c4c(cc5c6ccccc6n(-c6ccccc6)c35)c3ccccc3n4-c3ccccc3)n2)cc1. The maximum absolute atomic E-state index is 5.36. The van der Waals surface area contributed by atoms with Crippen molar-refractivity contribution in [3.63, 3.8) is 0 Å². The van der Waals surface area contributed by atoms with Gasteiger partial charge in [0.2, 0.25) is 0 Å². The van der Waals surface area contributed by atoms with Crippen molar-refractivity contribution in [3.05, 3.63) is 176 Å². The van der Waals surface area contributed by atoms with E-state index in [-0.39, 0.29) is 0 Å². The van der Waals surface area contributed by atoms with Gasteiger partial charge in [0.1, 0.15) is 0 Å². The zero-order chi connectivity index (χ0) is 33.0. The van der Waals surface area contributed by atoms with Crippen LogP contribution in [0.1, 0.15) is 0 Å². The van der Waals surface area contributed by atoms with Crippen LogP contribution < -0.4 is 0 Å². The number of hydrogen-bond acceptors (Lipinski definition) is 3. The molecule has 0 saturated heterocycles. The molecule has 5 nitrogen and oxygen atoms in total. The summed E-state index contributed by atoms with van der Waals surface area (Å²) in [6.07, 6.45) is 0. The lowest BCUT2D eigenvalue weighted by atomic mass is 10.0. The van der Waals surface area contributed by atoms with Gasteiger partial charge in [-0.15, -0.1) is 0 Å². The Labute approximate surface area is 288 Å². The summed E-state index contributed by atoms with van der Waals surface area (Å²) in [6, 6.07) is 61.3. The van der Waals surface area contributed by atoms with Crippen molar-refractivity contribution in [2.45, 2.75) is 0 Å². The van der Waals surface area contributed by atoms with Gasteiger partial charge in [0, 0.05) is 44.0 Å². The van der Waals surface area contributed by atoms with Crippen molar-refractivity contribution in [1.29, 1.82) is 0 Å². The second-order valence-electron chi connectivity index (χ2n) is 12.5. The molecule has 5 heteroatoms. The molecule has 0 bridgehead atoms. The fourth-order valence-corrected chi connectivity index (χ4v) is 7.39. The molecular weight excluding hydrogens is 611 g/mol. The molecule has 0 saturated carbocycles. The first-order chi connectivity index (χ1) is 24.8. The summed E-state index contributed by atoms with van der Waals surface area (Å²) in [4.78, 5) is 15.8. The zero-order valence-electron chi connectivity index (χ0n) is 27.0. The lowest BCUT2D eigenvalue weighted by Gasteiger charge is -2.16. The van der Waals surface area contributed by atoms with E-state index in [1.54, 1.807) is 0 Å². The van der Waals surface area contributed by atoms with E-state index in [9.17, 15) is 0 Å². The van der Waals surface area contributed by atoms with E-state index in [2.05, 4.69) is 149 Å². The predicted octanol–water partition coefficient (Wildman–Crippen LogP) is 11.1. The van der Waals surface area contributed by atoms with Crippen LogP contribution in [0.2, 0.25) is 0 Å². The second kappa shape index (κ2) is 11.4. The monoisotopic (exact) mass is 639 g/mol. The quantitative estimate of drug-likeness (QED) is 0.188. The van der Waals surface area contributed by atoms with Gasteiger partial charge < -0.3 is 9.13 Å². The Morgan fingerprint density at radius 1 is 0.320 bits per heavy atom. The molecule has 0 atom stereocenters. The molecular formula is C45H29N5. The maximum atomic E-state index is 5.36. The minimum Gasteiger partial charge on any atom is -0.308 e. The predicted molar refractivity (Wildman–Crippen MR) is 205 cm³/mol. The van der Waals surface area contributed by atoms with Crippen molar-refractivity contribution in [3.8, 4) is 45.5 Å². The van der Waals surface area contributed by atoms with Crippen LogP contribution >= 0.6 is 0 Å². The summed E-state index contributed by atoms with van der Waals surface area (Å²) < 4.78 is 4.75. The molecule has 0 unspecified atom stereocenters. The molecule has 3 aromatic heterocycles. The summed E-state index contributed by atoms with van der Waals surface area (Å²) in [5.41, 5.74) is 9.31. The molecule has 0 aliphatic heterocycles. The van der Waals surface area contributed by atoms with Crippen LogP contribution in [0, 0.1) is 0 Å². The van der Waals surface area contributed by atoms with Crippen molar-refractivity contribution in [2.75, 3.05) is 0 Å². The molecule has 0 aliphatic rings. The highest BCUT2D eigenvalue weighted by molar-refractivity contribution is 6.25. The molecule has 0 amide bonds. The number of hydrogen-bond donors (Lipinski definition) is 0. The van der Waals surface area contributed by atoms with Crippen LogP contribution in [0.5, 0.6) is 0 Å². The van der Waals surface area contributed by atoms with Gasteiger partial charge in [-0.2, -0.15) is 0 Å². The van der Waals surface area contributed by atoms with Gasteiger partial charge in [0.15, 0.2) is 17.5 Å². The number of benzene rings is 7. The summed E-state index contributed by atoms with van der Waals surface area (Å²) in [6.45, 7) is 0. The number of fused-ring (bicyclic) bond motifs is 6. The van der Waals surface area contributed by atoms with Crippen LogP contribution in [0.15, 0.2) is 176 Å². The van der Waals surface area contributed by atoms with Gasteiger partial charge in [0.05, 0.1) is 27.6 Å². The topological polar surface area (TPSA) is 48.5 Å². The number of rotatable bonds is 5. The first-order valence-corrected chi connectivity index (χ1v) is 16.8. The Balaban J connectivity index is 1.47. The number of para-hydroxylation sites is 4. The minimum absolute atomic E-state index is 0.619. The summed E-state index contributed by atoms with van der Waals surface area (Å²) in [5.74, 6) is 1.88. The highest BCUT2D eigenvalue weighted by atomic mass is 15.1. The molecule has 10 rings (SSSR count). The molecule has 234 valence electrons. The van der Waals surface area contributed by atoms with Crippen molar-refractivity contribution < 1.29 is 0 Å². The number of nitrogens with zero attached hydrogens (tertiary/aromatic N) is 5. The van der Waals surface area contributed by atoms with E-state index in [1.807, 2.05) is 36.4 Å². The summed E-state index contributed by atoms with van der Waals surface area (Å²) >= 11 is 0. The van der Waals surface area contributed by atoms with E-state index in [1.165, 1.54) is 10.8 Å². The fraction of sp³-hybridized carbons (Fsp3) is 0. The lowest BCUT2D eigenvalue weighted by molar-refractivity contribution is 1.07. The third-order valence-corrected chi connectivity index (χ3v) is 9.54. The van der Waals surface area contributed by atoms with Crippen LogP contribution in [0.4, 0.5) is 0 Å². The summed E-state index contributed by atoms with van der Waals surface area (Å²) in [7, 11) is 0. The second-order valence-corrected chi connectivity index (χ2v) is 12.5. The fourth-order valence-electron chi connectivity index (χ4n) is 7.39. The molecule has 10 aromatic rings. The normalized spacial score (nSPS) is 11.6. The van der Waals surface area contributed by atoms with Crippen LogP contribution in [-0.4, -0.2) is 24.1 Å². The largest absolute Gasteiger partial charge is 0.308 e. The molecule has 0 aliphatic carbocycles. The van der Waals surface area contributed by atoms with Crippen molar-refractivity contribution >= 4 is 43.6 Å². The third kappa shape index (κ3) is 4.37. The van der Waals surface area contributed by atoms with Gasteiger partial charge in [-0.1, -0.05) is 133 Å². The van der Waals surface area contributed by atoms with Crippen LogP contribution in [0.25, 0.3) is 89.2 Å². The molecule has 0 spiro atoms. The van der Waals surface area contributed by atoms with Gasteiger partial charge in [-0.05, 0) is 42.5 Å². The van der Waals surface area contributed by atoms with Gasteiger partial charge >= 0.3 is 0 Å². The highest BCUT2D eigenvalue weighted by Crippen LogP contribution is 2.46. The first kappa shape index (κ1) is 28.2. The van der Waals surface area contributed by atoms with Crippen molar-refractivity contribution in [2.24, 2.45) is 0 Å². The minimum atomic E-state index is 0.619. The van der Waals surface area contributed by atoms with Gasteiger partial charge in [0.25, 0.3) is 0 Å². The average molecular weight is 640 g/mol. The molecule has 0 radical (unpaired) electrons. The smallest absolute Gasteiger partial charge is 0.168 e. The van der Waals surface area contributed by atoms with Gasteiger partial charge in [-0.3, -0.25) is 0 Å². The van der Waals surface area contributed by atoms with E-state index in [0.717, 1.165) is 60.9 Å². The maximum Gasteiger partial charge on any atom is 0.168 e. The van der Waals surface area contributed by atoms with E-state index < -0.39 is 0 Å². The number of aromatic nitrogens is 5. The van der Waals surface area contributed by atoms with E-state index >= 15 is 0 Å². The molecule has 7 aromatic carbocycles. The Hall–Kier alpha value is -6.85. The van der Waals surface area contributed by atoms with E-state index in [0.29, 0.717) is 17.5 Å². The van der Waals surface area contributed by atoms with E-state index in [4.69, 9.17) is 15.0 Å². The highest BCUT2D eigenvalue weighted by Gasteiger charge is 2.26. The molecule has 0 N–H and O–H groups in total. The van der Waals surface area contributed by atoms with Crippen LogP contribution in [-0.2, 0) is 0 Å². The average Bonchev–Trinajstić information content (AvgIpc) is 3.71. The standard InChI is InChI=1S/C45H29N5/c1-5-17-30(18-6-1)43-46-44(31-19-7-2-8-20-31)48-45(47-43)40-41-36(34-25-13-15-27-38(34)49(41)32-21-9-3-10-22-32)29-37-35-26-14-16-28-39(35)50(42(37)40)33-23-11-4-12-24-33/h1-29H. The molecule has 50 heavy (non-hydrogen) atoms. The van der Waals surface area contributed by atoms with Crippen molar-refractivity contribution in [1.82, 2.24) is 24.1 Å². The Bertz CT molecular complexity index is 2650. The zero-order valence-corrected chi connectivity index (χ0v) is 27.0. The Kier molecular flexibility index (Phi) is 6.42. The Morgan fingerprint density at radius 3 is 1.12 bits per heavy atom.